The number of amides is 1. The number of nitrogens with one attached hydrogen (secondary N) is 1. The molecular formula is C18H14Cl2F2N4O2. The van der Waals surface area contributed by atoms with Crippen LogP contribution in [-0.2, 0) is 6.42 Å². The van der Waals surface area contributed by atoms with Crippen molar-refractivity contribution in [1.82, 2.24) is 19.9 Å². The summed E-state index contributed by atoms with van der Waals surface area (Å²) in [4.78, 5) is 24.9. The van der Waals surface area contributed by atoms with E-state index in [1.807, 2.05) is 0 Å². The number of carbonyl (C=O) groups is 1. The number of fused-ring (bicyclic) bond motifs is 3. The molecule has 1 atom stereocenters. The fourth-order valence-corrected chi connectivity index (χ4v) is 3.86. The molecule has 10 heteroatoms. The van der Waals surface area contributed by atoms with E-state index in [1.54, 1.807) is 12.1 Å². The Hall–Kier alpha value is -2.45. The van der Waals surface area contributed by atoms with Gasteiger partial charge in [0.15, 0.2) is 5.75 Å². The van der Waals surface area contributed by atoms with Crippen molar-refractivity contribution >= 4 is 40.0 Å². The SMILES string of the molecule is COc1cnc(C(=O)N2CCc3[nH]c4c(Cl)c(Cl)ccc4c3[C@H]2C(F)F)nc1. The molecule has 0 fully saturated rings. The number of ether oxygens (including phenoxy) is 1. The van der Waals surface area contributed by atoms with Crippen molar-refractivity contribution in [1.29, 1.82) is 0 Å². The van der Waals surface area contributed by atoms with Gasteiger partial charge in [0.25, 0.3) is 12.3 Å². The molecule has 0 unspecified atom stereocenters. The number of carbonyl (C=O) groups excluding carboxylic acids is 1. The quantitative estimate of drug-likeness (QED) is 0.678. The lowest BCUT2D eigenvalue weighted by Gasteiger charge is -2.35. The van der Waals surface area contributed by atoms with Crippen LogP contribution in [0.1, 0.15) is 27.9 Å². The molecule has 146 valence electrons. The van der Waals surface area contributed by atoms with E-state index < -0.39 is 18.4 Å². The summed E-state index contributed by atoms with van der Waals surface area (Å²) < 4.78 is 33.2. The zero-order valence-electron chi connectivity index (χ0n) is 14.5. The van der Waals surface area contributed by atoms with E-state index in [2.05, 4.69) is 15.0 Å². The maximum absolute atomic E-state index is 14.1. The predicted molar refractivity (Wildman–Crippen MR) is 100 cm³/mol. The Labute approximate surface area is 168 Å². The summed E-state index contributed by atoms with van der Waals surface area (Å²) in [5, 5.41) is 1.10. The van der Waals surface area contributed by atoms with Crippen LogP contribution in [0, 0.1) is 0 Å². The van der Waals surface area contributed by atoms with E-state index in [9.17, 15) is 13.6 Å². The maximum Gasteiger partial charge on any atom is 0.292 e. The summed E-state index contributed by atoms with van der Waals surface area (Å²) in [6.45, 7) is 0.0917. The highest BCUT2D eigenvalue weighted by molar-refractivity contribution is 6.45. The van der Waals surface area contributed by atoms with Gasteiger partial charge in [-0.05, 0) is 6.07 Å². The molecule has 1 aromatic carbocycles. The minimum Gasteiger partial charge on any atom is -0.494 e. The molecule has 0 saturated heterocycles. The monoisotopic (exact) mass is 426 g/mol. The number of hydrogen-bond donors (Lipinski definition) is 1. The molecule has 28 heavy (non-hydrogen) atoms. The summed E-state index contributed by atoms with van der Waals surface area (Å²) in [7, 11) is 1.44. The molecule has 4 rings (SSSR count). The third-order valence-corrected chi connectivity index (χ3v) is 5.58. The molecule has 0 saturated carbocycles. The first-order chi connectivity index (χ1) is 13.4. The van der Waals surface area contributed by atoms with Crippen molar-refractivity contribution in [3.63, 3.8) is 0 Å². The second-order valence-corrected chi connectivity index (χ2v) is 7.06. The van der Waals surface area contributed by atoms with Gasteiger partial charge in [0.2, 0.25) is 5.82 Å². The van der Waals surface area contributed by atoms with Crippen LogP contribution < -0.4 is 4.74 Å². The Morgan fingerprint density at radius 1 is 1.32 bits per heavy atom. The zero-order chi connectivity index (χ0) is 20.0. The molecule has 3 aromatic rings. The van der Waals surface area contributed by atoms with Gasteiger partial charge >= 0.3 is 0 Å². The van der Waals surface area contributed by atoms with Crippen LogP contribution in [0.2, 0.25) is 10.0 Å². The molecule has 1 aliphatic heterocycles. The van der Waals surface area contributed by atoms with Crippen molar-refractivity contribution < 1.29 is 18.3 Å². The molecule has 1 amide bonds. The average Bonchev–Trinajstić information content (AvgIpc) is 3.08. The van der Waals surface area contributed by atoms with Crippen LogP contribution in [0.4, 0.5) is 8.78 Å². The minimum atomic E-state index is -2.81. The van der Waals surface area contributed by atoms with Gasteiger partial charge in [-0.1, -0.05) is 29.3 Å². The van der Waals surface area contributed by atoms with Crippen LogP contribution in [-0.4, -0.2) is 45.8 Å². The molecule has 1 aliphatic rings. The third-order valence-electron chi connectivity index (χ3n) is 4.77. The van der Waals surface area contributed by atoms with Gasteiger partial charge in [0, 0.05) is 29.6 Å². The maximum atomic E-state index is 14.1. The normalized spacial score (nSPS) is 16.5. The van der Waals surface area contributed by atoms with Crippen molar-refractivity contribution in [3.8, 4) is 5.75 Å². The largest absolute Gasteiger partial charge is 0.494 e. The first-order valence-electron chi connectivity index (χ1n) is 8.36. The molecule has 1 N–H and O–H groups in total. The van der Waals surface area contributed by atoms with Crippen molar-refractivity contribution in [2.45, 2.75) is 18.9 Å². The molecule has 0 aliphatic carbocycles. The van der Waals surface area contributed by atoms with Crippen LogP contribution in [0.15, 0.2) is 24.5 Å². The van der Waals surface area contributed by atoms with E-state index >= 15 is 0 Å². The summed E-state index contributed by atoms with van der Waals surface area (Å²) in [5.41, 5.74) is 1.45. The fourth-order valence-electron chi connectivity index (χ4n) is 3.49. The van der Waals surface area contributed by atoms with Crippen LogP contribution >= 0.6 is 23.2 Å². The van der Waals surface area contributed by atoms with Gasteiger partial charge < -0.3 is 14.6 Å². The molecular weight excluding hydrogens is 413 g/mol. The molecule has 0 bridgehead atoms. The Morgan fingerprint density at radius 2 is 2.04 bits per heavy atom. The van der Waals surface area contributed by atoms with E-state index in [-0.39, 0.29) is 17.4 Å². The van der Waals surface area contributed by atoms with Crippen LogP contribution in [0.25, 0.3) is 10.9 Å². The van der Waals surface area contributed by atoms with Crippen molar-refractivity contribution in [2.24, 2.45) is 0 Å². The number of nitrogens with zero attached hydrogens (tertiary/aromatic N) is 3. The predicted octanol–water partition coefficient (Wildman–Crippen LogP) is 4.28. The van der Waals surface area contributed by atoms with Crippen LogP contribution in [0.5, 0.6) is 5.75 Å². The van der Waals surface area contributed by atoms with E-state index in [0.717, 1.165) is 4.90 Å². The van der Waals surface area contributed by atoms with Crippen LogP contribution in [0.3, 0.4) is 0 Å². The fraction of sp³-hybridized carbons (Fsp3) is 0.278. The number of rotatable bonds is 3. The lowest BCUT2D eigenvalue weighted by molar-refractivity contribution is 0.0161. The number of hydrogen-bond acceptors (Lipinski definition) is 4. The Morgan fingerprint density at radius 3 is 2.68 bits per heavy atom. The number of alkyl halides is 2. The van der Waals surface area contributed by atoms with E-state index in [4.69, 9.17) is 27.9 Å². The molecule has 3 heterocycles. The second kappa shape index (κ2) is 7.18. The Kier molecular flexibility index (Phi) is 4.84. The Bertz CT molecular complexity index is 1060. The number of aromatic amines is 1. The minimum absolute atomic E-state index is 0.0917. The number of H-pyrrole nitrogens is 1. The molecule has 2 aromatic heterocycles. The average molecular weight is 427 g/mol. The first kappa shape index (κ1) is 18.9. The highest BCUT2D eigenvalue weighted by Crippen LogP contribution is 2.42. The van der Waals surface area contributed by atoms with Crippen molar-refractivity contribution in [2.75, 3.05) is 13.7 Å². The van der Waals surface area contributed by atoms with Gasteiger partial charge in [0.05, 0.1) is 35.1 Å². The highest BCUT2D eigenvalue weighted by atomic mass is 35.5. The van der Waals surface area contributed by atoms with Gasteiger partial charge in [0.1, 0.15) is 6.04 Å². The summed E-state index contributed by atoms with van der Waals surface area (Å²) in [6.07, 6.45) is 0.193. The Balaban J connectivity index is 1.79. The lowest BCUT2D eigenvalue weighted by Crippen LogP contribution is -2.43. The van der Waals surface area contributed by atoms with Gasteiger partial charge in [-0.2, -0.15) is 0 Å². The lowest BCUT2D eigenvalue weighted by atomic mass is 9.95. The van der Waals surface area contributed by atoms with E-state index in [0.29, 0.717) is 39.4 Å². The number of halogens is 4. The second-order valence-electron chi connectivity index (χ2n) is 6.28. The molecule has 0 spiro atoms. The summed E-state index contributed by atoms with van der Waals surface area (Å²) >= 11 is 12.3. The first-order valence-corrected chi connectivity index (χ1v) is 9.11. The van der Waals surface area contributed by atoms with Gasteiger partial charge in [-0.3, -0.25) is 4.79 Å². The van der Waals surface area contributed by atoms with Gasteiger partial charge in [-0.15, -0.1) is 0 Å². The number of aromatic nitrogens is 3. The zero-order valence-corrected chi connectivity index (χ0v) is 16.1. The summed E-state index contributed by atoms with van der Waals surface area (Å²) in [5.74, 6) is -0.477. The van der Waals surface area contributed by atoms with Gasteiger partial charge in [-0.25, -0.2) is 18.7 Å². The highest BCUT2D eigenvalue weighted by Gasteiger charge is 2.40. The third kappa shape index (κ3) is 2.97. The van der Waals surface area contributed by atoms with Crippen molar-refractivity contribution in [3.05, 3.63) is 51.7 Å². The number of benzene rings is 1. The number of methoxy groups -OCH3 is 1. The standard InChI is InChI=1S/C18H14Cl2F2N4O2/c1-28-8-6-23-17(24-7-8)18(27)26-5-4-11-12(15(26)16(21)22)9-2-3-10(19)13(20)14(9)25-11/h2-3,6-7,15-16,25H,4-5H2,1H3/t15-/m0/s1. The topological polar surface area (TPSA) is 71.1 Å². The molecule has 6 nitrogen and oxygen atoms in total. The summed E-state index contributed by atoms with van der Waals surface area (Å²) in [6, 6.07) is 1.73. The smallest absolute Gasteiger partial charge is 0.292 e. The van der Waals surface area contributed by atoms with E-state index in [1.165, 1.54) is 19.5 Å². The molecule has 0 radical (unpaired) electrons.